The molecule has 1 aromatic carbocycles. The first kappa shape index (κ1) is 21.1. The average Bonchev–Trinajstić information content (AvgIpc) is 2.44. The summed E-state index contributed by atoms with van der Waals surface area (Å²) in [6, 6.07) is 5.99. The van der Waals surface area contributed by atoms with E-state index < -0.39 is 10.1 Å². The van der Waals surface area contributed by atoms with E-state index in [1.54, 1.807) is 12.1 Å². The van der Waals surface area contributed by atoms with Gasteiger partial charge < -0.3 is 5.11 Å². The van der Waals surface area contributed by atoms with E-state index in [0.29, 0.717) is 0 Å². The molecule has 1 atom stereocenters. The maximum Gasteiger partial charge on any atom is 0.294 e. The molecule has 5 heteroatoms. The van der Waals surface area contributed by atoms with E-state index in [9.17, 15) is 13.5 Å². The van der Waals surface area contributed by atoms with E-state index in [0.717, 1.165) is 24.8 Å². The summed E-state index contributed by atoms with van der Waals surface area (Å²) in [5.74, 6) is 0. The summed E-state index contributed by atoms with van der Waals surface area (Å²) in [6.07, 6.45) is 8.15. The molecule has 0 radical (unpaired) electrons. The summed E-state index contributed by atoms with van der Waals surface area (Å²) in [4.78, 5) is -0.0666. The zero-order valence-electron chi connectivity index (χ0n) is 14.0. The highest BCUT2D eigenvalue weighted by Crippen LogP contribution is 2.09. The van der Waals surface area contributed by atoms with E-state index >= 15 is 0 Å². The van der Waals surface area contributed by atoms with Crippen molar-refractivity contribution >= 4 is 10.1 Å². The summed E-state index contributed by atoms with van der Waals surface area (Å²) < 4.78 is 29.6. The molecule has 1 rings (SSSR count). The molecule has 0 aromatic heterocycles. The first-order chi connectivity index (χ1) is 10.3. The predicted molar refractivity (Wildman–Crippen MR) is 90.7 cm³/mol. The highest BCUT2D eigenvalue weighted by Gasteiger charge is 2.06. The molecular weight excluding hydrogens is 300 g/mol. The van der Waals surface area contributed by atoms with Crippen LogP contribution in [0.2, 0.25) is 0 Å². The molecule has 0 spiro atoms. The Morgan fingerprint density at radius 3 is 2.00 bits per heavy atom. The number of hydrogen-bond acceptors (Lipinski definition) is 3. The van der Waals surface area contributed by atoms with Crippen LogP contribution in [0.25, 0.3) is 0 Å². The molecule has 0 bridgehead atoms. The zero-order chi connectivity index (χ0) is 17.0. The molecule has 0 amide bonds. The lowest BCUT2D eigenvalue weighted by Gasteiger charge is -2.07. The highest BCUT2D eigenvalue weighted by atomic mass is 32.2. The summed E-state index contributed by atoms with van der Waals surface area (Å²) >= 11 is 0. The number of aliphatic hydroxyl groups is 1. The molecule has 2 N–H and O–H groups in total. The molecule has 0 aliphatic rings. The Hall–Kier alpha value is -0.910. The van der Waals surface area contributed by atoms with Gasteiger partial charge in [-0.3, -0.25) is 4.55 Å². The fourth-order valence-corrected chi connectivity index (χ4v) is 2.47. The van der Waals surface area contributed by atoms with Crippen molar-refractivity contribution in [1.29, 1.82) is 0 Å². The third-order valence-electron chi connectivity index (χ3n) is 3.33. The van der Waals surface area contributed by atoms with Gasteiger partial charge in [0.15, 0.2) is 0 Å². The second kappa shape index (κ2) is 11.6. The molecule has 0 saturated carbocycles. The minimum Gasteiger partial charge on any atom is -0.393 e. The molecule has 0 aliphatic carbocycles. The van der Waals surface area contributed by atoms with Crippen LogP contribution in [-0.2, 0) is 10.1 Å². The van der Waals surface area contributed by atoms with Crippen LogP contribution in [0.4, 0.5) is 0 Å². The highest BCUT2D eigenvalue weighted by molar-refractivity contribution is 7.85. The zero-order valence-corrected chi connectivity index (χ0v) is 14.8. The van der Waals surface area contributed by atoms with Crippen LogP contribution < -0.4 is 0 Å². The molecule has 128 valence electrons. The number of benzene rings is 1. The van der Waals surface area contributed by atoms with Gasteiger partial charge >= 0.3 is 0 Å². The van der Waals surface area contributed by atoms with Gasteiger partial charge in [-0.2, -0.15) is 8.42 Å². The summed E-state index contributed by atoms with van der Waals surface area (Å²) in [5.41, 5.74) is 0.956. The molecular formula is C17H30O4S. The van der Waals surface area contributed by atoms with Crippen molar-refractivity contribution < 1.29 is 18.1 Å². The fourth-order valence-electron chi connectivity index (χ4n) is 1.99. The van der Waals surface area contributed by atoms with E-state index in [1.165, 1.54) is 37.8 Å². The van der Waals surface area contributed by atoms with E-state index in [1.807, 2.05) is 6.92 Å². The number of aryl methyl sites for hydroxylation is 1. The maximum absolute atomic E-state index is 10.5. The maximum atomic E-state index is 10.5. The Balaban J connectivity index is 0.000000401. The van der Waals surface area contributed by atoms with Gasteiger partial charge in [-0.05, 0) is 31.9 Å². The van der Waals surface area contributed by atoms with Crippen LogP contribution in [0, 0.1) is 6.92 Å². The van der Waals surface area contributed by atoms with Gasteiger partial charge in [0.05, 0.1) is 11.0 Å². The van der Waals surface area contributed by atoms with Crippen LogP contribution in [0.3, 0.4) is 0 Å². The summed E-state index contributed by atoms with van der Waals surface area (Å²) in [5, 5.41) is 9.35. The molecule has 0 unspecified atom stereocenters. The minimum absolute atomic E-state index is 0.0307. The molecule has 22 heavy (non-hydrogen) atoms. The Morgan fingerprint density at radius 2 is 1.55 bits per heavy atom. The van der Waals surface area contributed by atoms with E-state index in [2.05, 4.69) is 13.8 Å². The van der Waals surface area contributed by atoms with Crippen molar-refractivity contribution in [2.75, 3.05) is 0 Å². The van der Waals surface area contributed by atoms with Crippen LogP contribution >= 0.6 is 0 Å². The predicted octanol–water partition coefficient (Wildman–Crippen LogP) is 4.36. The van der Waals surface area contributed by atoms with Crippen LogP contribution in [-0.4, -0.2) is 24.2 Å². The van der Waals surface area contributed by atoms with E-state index in [-0.39, 0.29) is 11.0 Å². The van der Waals surface area contributed by atoms with Gasteiger partial charge in [0, 0.05) is 0 Å². The Morgan fingerprint density at radius 1 is 0.955 bits per heavy atom. The second-order valence-corrected chi connectivity index (χ2v) is 7.00. The third kappa shape index (κ3) is 10.8. The lowest BCUT2D eigenvalue weighted by atomic mass is 10.1. The standard InChI is InChI=1S/C10H22O.C7H8O3S/c1-3-5-6-7-9-10(11)8-4-2;1-6-2-4-7(5-3-6)11(8,9)10/h10-11H,3-9H2,1-2H3;2-5H,1H3,(H,8,9,10)/t10-;/m0./s1. The van der Waals surface area contributed by atoms with Crippen molar-refractivity contribution in [3.63, 3.8) is 0 Å². The Kier molecular flexibility index (Phi) is 11.1. The van der Waals surface area contributed by atoms with Crippen LogP contribution in [0.1, 0.15) is 64.4 Å². The summed E-state index contributed by atoms with van der Waals surface area (Å²) in [7, 11) is -4.02. The van der Waals surface area contributed by atoms with Gasteiger partial charge in [0.1, 0.15) is 0 Å². The number of unbranched alkanes of at least 4 members (excludes halogenated alkanes) is 3. The second-order valence-electron chi connectivity index (χ2n) is 5.58. The first-order valence-corrected chi connectivity index (χ1v) is 9.47. The SMILES string of the molecule is CCCCCC[C@@H](O)CCC.Cc1ccc(S(=O)(=O)O)cc1. The molecule has 0 fully saturated rings. The van der Waals surface area contributed by atoms with Crippen LogP contribution in [0.15, 0.2) is 29.2 Å². The normalized spacial score (nSPS) is 12.4. The largest absolute Gasteiger partial charge is 0.393 e. The molecule has 0 saturated heterocycles. The van der Waals surface area contributed by atoms with Gasteiger partial charge in [0.2, 0.25) is 0 Å². The molecule has 1 aromatic rings. The third-order valence-corrected chi connectivity index (χ3v) is 4.20. The lowest BCUT2D eigenvalue weighted by molar-refractivity contribution is 0.150. The minimum atomic E-state index is -4.02. The van der Waals surface area contributed by atoms with Crippen LogP contribution in [0.5, 0.6) is 0 Å². The number of rotatable bonds is 8. The summed E-state index contributed by atoms with van der Waals surface area (Å²) in [6.45, 7) is 6.17. The smallest absolute Gasteiger partial charge is 0.294 e. The topological polar surface area (TPSA) is 74.6 Å². The van der Waals surface area contributed by atoms with E-state index in [4.69, 9.17) is 4.55 Å². The number of hydrogen-bond donors (Lipinski definition) is 2. The molecule has 4 nitrogen and oxygen atoms in total. The molecule has 0 aliphatic heterocycles. The van der Waals surface area contributed by atoms with Gasteiger partial charge in [-0.15, -0.1) is 0 Å². The van der Waals surface area contributed by atoms with Gasteiger partial charge in [0.25, 0.3) is 10.1 Å². The molecule has 0 heterocycles. The fraction of sp³-hybridized carbons (Fsp3) is 0.647. The lowest BCUT2D eigenvalue weighted by Crippen LogP contribution is -2.04. The number of aliphatic hydroxyl groups excluding tert-OH is 1. The monoisotopic (exact) mass is 330 g/mol. The van der Waals surface area contributed by atoms with Crippen molar-refractivity contribution in [2.24, 2.45) is 0 Å². The Labute approximate surface area is 135 Å². The first-order valence-electron chi connectivity index (χ1n) is 8.03. The van der Waals surface area contributed by atoms with Crippen molar-refractivity contribution in [1.82, 2.24) is 0 Å². The average molecular weight is 330 g/mol. The van der Waals surface area contributed by atoms with Crippen molar-refractivity contribution in [3.05, 3.63) is 29.8 Å². The quantitative estimate of drug-likeness (QED) is 0.548. The van der Waals surface area contributed by atoms with Crippen molar-refractivity contribution in [2.45, 2.75) is 76.7 Å². The Bertz CT molecular complexity index is 480. The van der Waals surface area contributed by atoms with Crippen molar-refractivity contribution in [3.8, 4) is 0 Å². The van der Waals surface area contributed by atoms with Gasteiger partial charge in [-0.1, -0.05) is 63.6 Å². The van der Waals surface area contributed by atoms with Gasteiger partial charge in [-0.25, -0.2) is 0 Å².